The Kier molecular flexibility index (Phi) is 14.4. The van der Waals surface area contributed by atoms with E-state index in [9.17, 15) is 5.11 Å². The quantitative estimate of drug-likeness (QED) is 0.155. The third-order valence-corrected chi connectivity index (χ3v) is 10.8. The van der Waals surface area contributed by atoms with Gasteiger partial charge in [-0.15, -0.1) is 11.3 Å². The van der Waals surface area contributed by atoms with Crippen molar-refractivity contribution in [3.63, 3.8) is 0 Å². The first-order valence-electron chi connectivity index (χ1n) is 16.6. The zero-order chi connectivity index (χ0) is 32.6. The molecule has 0 radical (unpaired) electrons. The molecule has 2 aromatic rings. The van der Waals surface area contributed by atoms with Crippen LogP contribution in [-0.2, 0) is 21.7 Å². The molecule has 0 saturated heterocycles. The fourth-order valence-corrected chi connectivity index (χ4v) is 8.69. The van der Waals surface area contributed by atoms with E-state index >= 15 is 0 Å². The van der Waals surface area contributed by atoms with E-state index in [2.05, 4.69) is 110 Å². The molecule has 43 heavy (non-hydrogen) atoms. The Balaban J connectivity index is 2.42. The van der Waals surface area contributed by atoms with Crippen molar-refractivity contribution in [1.82, 2.24) is 0 Å². The normalized spacial score (nSPS) is 15.2. The SMILES string of the molecule is CCC(=CC=CC(O)(CC)CC)c1cc(CCc2ccc(C(O[SiH](C)C)C(C)(C)C)c(C(O[SiH](C)C)C(C)(C)C)c2)cs1. The van der Waals surface area contributed by atoms with Gasteiger partial charge in [-0.2, -0.15) is 0 Å². The van der Waals surface area contributed by atoms with Crippen LogP contribution in [0.1, 0.15) is 121 Å². The van der Waals surface area contributed by atoms with Gasteiger partial charge in [0, 0.05) is 4.88 Å². The maximum Gasteiger partial charge on any atom is 0.171 e. The van der Waals surface area contributed by atoms with Gasteiger partial charge in [-0.25, -0.2) is 0 Å². The summed E-state index contributed by atoms with van der Waals surface area (Å²) >= 11 is 1.83. The van der Waals surface area contributed by atoms with E-state index in [1.165, 1.54) is 32.7 Å². The topological polar surface area (TPSA) is 38.7 Å². The van der Waals surface area contributed by atoms with E-state index in [1.807, 2.05) is 37.3 Å². The largest absolute Gasteiger partial charge is 0.413 e. The van der Waals surface area contributed by atoms with Crippen molar-refractivity contribution in [1.29, 1.82) is 0 Å². The summed E-state index contributed by atoms with van der Waals surface area (Å²) in [5, 5.41) is 12.9. The molecular formula is C37H62O3SSi2. The van der Waals surface area contributed by atoms with Crippen LogP contribution >= 0.6 is 11.3 Å². The molecule has 1 heterocycles. The lowest BCUT2D eigenvalue weighted by Gasteiger charge is -2.39. The minimum absolute atomic E-state index is 0.0102. The second kappa shape index (κ2) is 16.3. The molecule has 0 saturated carbocycles. The molecule has 0 fully saturated rings. The molecule has 0 aliphatic rings. The van der Waals surface area contributed by atoms with E-state index in [-0.39, 0.29) is 23.0 Å². The van der Waals surface area contributed by atoms with Crippen LogP contribution in [0.2, 0.25) is 26.2 Å². The van der Waals surface area contributed by atoms with Gasteiger partial charge in [-0.3, -0.25) is 0 Å². The van der Waals surface area contributed by atoms with E-state index in [1.54, 1.807) is 0 Å². The van der Waals surface area contributed by atoms with Gasteiger partial charge in [0.15, 0.2) is 18.1 Å². The predicted molar refractivity (Wildman–Crippen MR) is 195 cm³/mol. The fourth-order valence-electron chi connectivity index (χ4n) is 5.44. The Morgan fingerprint density at radius 3 is 1.84 bits per heavy atom. The highest BCUT2D eigenvalue weighted by Gasteiger charge is 2.36. The first-order valence-corrected chi connectivity index (χ1v) is 23.0. The summed E-state index contributed by atoms with van der Waals surface area (Å²) in [6, 6.07) is 9.47. The average molecular weight is 643 g/mol. The molecule has 1 N–H and O–H groups in total. The van der Waals surface area contributed by atoms with Gasteiger partial charge in [-0.05, 0) is 108 Å². The highest BCUT2D eigenvalue weighted by Crippen LogP contribution is 2.45. The Labute approximate surface area is 272 Å². The molecule has 0 spiro atoms. The Hall–Kier alpha value is -1.29. The molecule has 1 aromatic heterocycles. The molecule has 2 rings (SSSR count). The van der Waals surface area contributed by atoms with Gasteiger partial charge in [0.2, 0.25) is 0 Å². The standard InChI is InChI=1S/C37H62O3SSi2/c1-14-29(18-17-23-37(38,15-2)16-3)32-25-28(26-41-32)20-19-27-21-22-30(33(35(4,5)6)39-42(10)11)31(24-27)34(36(7,8)9)40-43(12)13/h17-18,21-26,33-34,38,42-43H,14-16,19-20H2,1-13H3. The summed E-state index contributed by atoms with van der Waals surface area (Å²) in [5.74, 6) is 0. The van der Waals surface area contributed by atoms with Gasteiger partial charge in [0.1, 0.15) is 0 Å². The molecule has 2 unspecified atom stereocenters. The maximum absolute atomic E-state index is 10.6. The number of rotatable bonds is 15. The maximum atomic E-state index is 10.6. The fraction of sp³-hybridized carbons (Fsp3) is 0.622. The molecule has 0 aliphatic carbocycles. The van der Waals surface area contributed by atoms with Crippen molar-refractivity contribution in [2.45, 2.75) is 138 Å². The average Bonchev–Trinajstić information content (AvgIpc) is 3.39. The van der Waals surface area contributed by atoms with E-state index in [0.29, 0.717) is 0 Å². The lowest BCUT2D eigenvalue weighted by molar-refractivity contribution is 0.0655. The van der Waals surface area contributed by atoms with Gasteiger partial charge in [0.25, 0.3) is 0 Å². The Morgan fingerprint density at radius 1 is 0.814 bits per heavy atom. The Bertz CT molecular complexity index is 1190. The summed E-state index contributed by atoms with van der Waals surface area (Å²) in [5.41, 5.74) is 5.93. The second-order valence-corrected chi connectivity index (χ2v) is 20.5. The molecular weight excluding hydrogens is 581 g/mol. The number of benzene rings is 1. The van der Waals surface area contributed by atoms with Crippen LogP contribution in [0.4, 0.5) is 0 Å². The zero-order valence-corrected chi connectivity index (χ0v) is 32.8. The van der Waals surface area contributed by atoms with Crippen molar-refractivity contribution in [2.24, 2.45) is 10.8 Å². The third kappa shape index (κ3) is 11.5. The van der Waals surface area contributed by atoms with Crippen molar-refractivity contribution < 1.29 is 14.0 Å². The highest BCUT2D eigenvalue weighted by molar-refractivity contribution is 7.11. The van der Waals surface area contributed by atoms with Crippen LogP contribution in [0.5, 0.6) is 0 Å². The molecule has 0 amide bonds. The van der Waals surface area contributed by atoms with E-state index in [4.69, 9.17) is 8.85 Å². The van der Waals surface area contributed by atoms with Gasteiger partial charge in [-0.1, -0.05) is 98.7 Å². The number of hydrogen-bond acceptors (Lipinski definition) is 4. The monoisotopic (exact) mass is 642 g/mol. The molecule has 0 bridgehead atoms. The van der Waals surface area contributed by atoms with E-state index in [0.717, 1.165) is 32.1 Å². The van der Waals surface area contributed by atoms with Crippen LogP contribution in [0.3, 0.4) is 0 Å². The van der Waals surface area contributed by atoms with Crippen LogP contribution in [-0.4, -0.2) is 28.8 Å². The number of aryl methyl sites for hydroxylation is 2. The number of thiophene rings is 1. The summed E-state index contributed by atoms with van der Waals surface area (Å²) in [6.07, 6.45) is 10.7. The van der Waals surface area contributed by atoms with Crippen molar-refractivity contribution in [3.8, 4) is 0 Å². The number of aliphatic hydroxyl groups is 1. The smallest absolute Gasteiger partial charge is 0.171 e. The summed E-state index contributed by atoms with van der Waals surface area (Å²) in [6.45, 7) is 29.2. The second-order valence-electron chi connectivity index (χ2n) is 14.9. The number of allylic oxidation sites excluding steroid dienone is 3. The van der Waals surface area contributed by atoms with Crippen molar-refractivity contribution in [2.75, 3.05) is 0 Å². The molecule has 242 valence electrons. The van der Waals surface area contributed by atoms with Crippen LogP contribution in [0.25, 0.3) is 5.57 Å². The first-order chi connectivity index (χ1) is 19.9. The summed E-state index contributed by atoms with van der Waals surface area (Å²) < 4.78 is 13.6. The van der Waals surface area contributed by atoms with Crippen LogP contribution < -0.4 is 0 Å². The van der Waals surface area contributed by atoms with Crippen LogP contribution in [0.15, 0.2) is 47.9 Å². The summed E-state index contributed by atoms with van der Waals surface area (Å²) in [4.78, 5) is 1.32. The van der Waals surface area contributed by atoms with Gasteiger partial charge < -0.3 is 14.0 Å². The number of hydrogen-bond donors (Lipinski definition) is 1. The van der Waals surface area contributed by atoms with Crippen molar-refractivity contribution in [3.05, 3.63) is 75.0 Å². The lowest BCUT2D eigenvalue weighted by Crippen LogP contribution is -2.31. The van der Waals surface area contributed by atoms with Gasteiger partial charge >= 0.3 is 0 Å². The molecule has 0 aliphatic heterocycles. The minimum Gasteiger partial charge on any atom is -0.413 e. The highest BCUT2D eigenvalue weighted by atomic mass is 32.1. The molecule has 1 aromatic carbocycles. The summed E-state index contributed by atoms with van der Waals surface area (Å²) in [7, 11) is -2.56. The predicted octanol–water partition coefficient (Wildman–Crippen LogP) is 10.6. The first kappa shape index (κ1) is 37.9. The molecule has 6 heteroatoms. The zero-order valence-electron chi connectivity index (χ0n) is 29.6. The lowest BCUT2D eigenvalue weighted by atomic mass is 9.77. The molecule has 2 atom stereocenters. The van der Waals surface area contributed by atoms with Gasteiger partial charge in [0.05, 0.1) is 17.8 Å². The van der Waals surface area contributed by atoms with E-state index < -0.39 is 23.7 Å². The van der Waals surface area contributed by atoms with Crippen LogP contribution in [0, 0.1) is 10.8 Å². The third-order valence-electron chi connectivity index (χ3n) is 8.09. The molecule has 3 nitrogen and oxygen atoms in total. The van der Waals surface area contributed by atoms with Crippen molar-refractivity contribution >= 4 is 35.0 Å². The minimum atomic E-state index is -1.29. The Morgan fingerprint density at radius 2 is 1.35 bits per heavy atom.